The Bertz CT molecular complexity index is 400. The van der Waals surface area contributed by atoms with E-state index in [1.807, 2.05) is 0 Å². The zero-order valence-corrected chi connectivity index (χ0v) is 9.24. The minimum absolute atomic E-state index is 0.214. The van der Waals surface area contributed by atoms with Gasteiger partial charge in [0.15, 0.2) is 7.85 Å². The highest BCUT2D eigenvalue weighted by Crippen LogP contribution is 2.22. The summed E-state index contributed by atoms with van der Waals surface area (Å²) < 4.78 is 5.12. The van der Waals surface area contributed by atoms with Crippen molar-refractivity contribution >= 4 is 27.1 Å². The first kappa shape index (κ1) is 12.2. The molecular weight excluding hydrogens is 216 g/mol. The predicted octanol–water partition coefficient (Wildman–Crippen LogP) is -0.355. The number of morpholine rings is 1. The van der Waals surface area contributed by atoms with E-state index in [1.165, 1.54) is 0 Å². The molecule has 0 bridgehead atoms. The van der Waals surface area contributed by atoms with Crippen LogP contribution in [0.15, 0.2) is 24.3 Å². The molecule has 1 aliphatic rings. The Morgan fingerprint density at radius 1 is 1.35 bits per heavy atom. The van der Waals surface area contributed by atoms with Gasteiger partial charge in [0.2, 0.25) is 0 Å². The van der Waals surface area contributed by atoms with Crippen molar-refractivity contribution in [1.82, 2.24) is 0 Å². The Labute approximate surface area is 102 Å². The molecule has 4 radical (unpaired) electrons. The summed E-state index contributed by atoms with van der Waals surface area (Å²) in [5.74, 6) is -0.404. The maximum atomic E-state index is 10.9. The van der Waals surface area contributed by atoms with Crippen molar-refractivity contribution in [2.45, 2.75) is 12.2 Å². The molecule has 1 fully saturated rings. The Morgan fingerprint density at radius 3 is 2.53 bits per heavy atom. The van der Waals surface area contributed by atoms with Crippen molar-refractivity contribution < 1.29 is 14.6 Å². The van der Waals surface area contributed by atoms with Gasteiger partial charge in [-0.05, 0) is 12.1 Å². The minimum Gasteiger partial charge on any atom is -0.375 e. The van der Waals surface area contributed by atoms with Crippen molar-refractivity contribution in [1.29, 1.82) is 0 Å². The zero-order valence-electron chi connectivity index (χ0n) is 9.24. The standard InChI is InChI=1S/C11H11B2NO3/c12-9-5-17-6-10(15)14(9)8-3-1-7(2-4-8)11(13)16/h1-4,9-10,15H,5-6H2. The molecule has 0 saturated carbocycles. The van der Waals surface area contributed by atoms with Crippen LogP contribution in [0.1, 0.15) is 10.4 Å². The summed E-state index contributed by atoms with van der Waals surface area (Å²) in [5, 5.41) is 9.80. The van der Waals surface area contributed by atoms with Gasteiger partial charge < -0.3 is 19.5 Å². The number of nitrogens with zero attached hydrogens (tertiary/aromatic N) is 1. The lowest BCUT2D eigenvalue weighted by Gasteiger charge is -2.39. The second-order valence-corrected chi connectivity index (χ2v) is 3.90. The Hall–Kier alpha value is -1.26. The number of hydrogen-bond donors (Lipinski definition) is 1. The van der Waals surface area contributed by atoms with E-state index in [0.717, 1.165) is 5.69 Å². The summed E-state index contributed by atoms with van der Waals surface area (Å²) in [6, 6.07) is 6.61. The summed E-state index contributed by atoms with van der Waals surface area (Å²) in [6.45, 7) is 0.569. The largest absolute Gasteiger partial charge is 0.375 e. The molecule has 0 amide bonds. The van der Waals surface area contributed by atoms with Gasteiger partial charge in [-0.25, -0.2) is 0 Å². The van der Waals surface area contributed by atoms with Crippen LogP contribution < -0.4 is 4.90 Å². The quantitative estimate of drug-likeness (QED) is 0.701. The average molecular weight is 227 g/mol. The SMILES string of the molecule is [B]C(=O)c1ccc(N2C([B])COCC2O)cc1. The van der Waals surface area contributed by atoms with Gasteiger partial charge in [-0.2, -0.15) is 0 Å². The first-order chi connectivity index (χ1) is 8.09. The van der Waals surface area contributed by atoms with Crippen molar-refractivity contribution in [2.24, 2.45) is 0 Å². The fourth-order valence-corrected chi connectivity index (χ4v) is 1.84. The van der Waals surface area contributed by atoms with Gasteiger partial charge in [-0.3, -0.25) is 0 Å². The number of ether oxygens (including phenoxy) is 1. The Kier molecular flexibility index (Phi) is 3.54. The third kappa shape index (κ3) is 2.53. The van der Waals surface area contributed by atoms with E-state index < -0.39 is 17.9 Å². The fraction of sp³-hybridized carbons (Fsp3) is 0.364. The maximum Gasteiger partial charge on any atom is 0.175 e. The second-order valence-electron chi connectivity index (χ2n) is 3.90. The van der Waals surface area contributed by atoms with Crippen molar-refractivity contribution in [3.63, 3.8) is 0 Å². The van der Waals surface area contributed by atoms with Gasteiger partial charge in [0, 0.05) is 17.2 Å². The van der Waals surface area contributed by atoms with Crippen LogP contribution in [-0.4, -0.2) is 51.9 Å². The number of aliphatic hydroxyl groups is 1. The van der Waals surface area contributed by atoms with Crippen LogP contribution in [0.4, 0.5) is 5.69 Å². The molecule has 4 nitrogen and oxygen atoms in total. The highest BCUT2D eigenvalue weighted by atomic mass is 16.5. The van der Waals surface area contributed by atoms with Crippen LogP contribution in [0, 0.1) is 0 Å². The molecule has 1 aromatic carbocycles. The third-order valence-electron chi connectivity index (χ3n) is 2.68. The molecule has 2 atom stereocenters. The van der Waals surface area contributed by atoms with E-state index in [4.69, 9.17) is 20.4 Å². The molecule has 1 aliphatic heterocycles. The average Bonchev–Trinajstić information content (AvgIpc) is 2.29. The monoisotopic (exact) mass is 227 g/mol. The van der Waals surface area contributed by atoms with Crippen LogP contribution in [0.5, 0.6) is 0 Å². The first-order valence-electron chi connectivity index (χ1n) is 5.29. The Morgan fingerprint density at radius 2 is 2.00 bits per heavy atom. The smallest absolute Gasteiger partial charge is 0.175 e. The van der Waals surface area contributed by atoms with E-state index in [9.17, 15) is 9.90 Å². The van der Waals surface area contributed by atoms with Crippen LogP contribution in [0.25, 0.3) is 0 Å². The van der Waals surface area contributed by atoms with E-state index in [-0.39, 0.29) is 6.61 Å². The lowest BCUT2D eigenvalue weighted by atomic mass is 9.92. The van der Waals surface area contributed by atoms with Gasteiger partial charge in [0.1, 0.15) is 19.8 Å². The molecule has 0 aliphatic carbocycles. The fourth-order valence-electron chi connectivity index (χ4n) is 1.84. The summed E-state index contributed by atoms with van der Waals surface area (Å²) in [6.07, 6.45) is -0.779. The van der Waals surface area contributed by atoms with Gasteiger partial charge in [0.25, 0.3) is 0 Å². The number of benzene rings is 1. The summed E-state index contributed by atoms with van der Waals surface area (Å²) in [7, 11) is 11.0. The lowest BCUT2D eigenvalue weighted by Crippen LogP contribution is -2.52. The predicted molar refractivity (Wildman–Crippen MR) is 65.4 cm³/mol. The van der Waals surface area contributed by atoms with Gasteiger partial charge in [0.05, 0.1) is 13.2 Å². The summed E-state index contributed by atoms with van der Waals surface area (Å²) in [5.41, 5.74) is 0.673. The van der Waals surface area contributed by atoms with Crippen LogP contribution in [0.3, 0.4) is 0 Å². The third-order valence-corrected chi connectivity index (χ3v) is 2.68. The van der Waals surface area contributed by atoms with Crippen LogP contribution in [-0.2, 0) is 4.74 Å². The number of aliphatic hydroxyl groups excluding tert-OH is 1. The molecule has 0 spiro atoms. The van der Waals surface area contributed by atoms with Crippen LogP contribution in [0.2, 0.25) is 0 Å². The molecule has 2 unspecified atom stereocenters. The number of hydrogen-bond acceptors (Lipinski definition) is 4. The molecule has 6 heteroatoms. The highest BCUT2D eigenvalue weighted by Gasteiger charge is 2.26. The van der Waals surface area contributed by atoms with E-state index in [0.29, 0.717) is 12.2 Å². The molecule has 1 saturated heterocycles. The van der Waals surface area contributed by atoms with Gasteiger partial charge in [-0.15, -0.1) is 0 Å². The summed E-state index contributed by atoms with van der Waals surface area (Å²) >= 11 is 0. The topological polar surface area (TPSA) is 49.8 Å². The van der Waals surface area contributed by atoms with E-state index in [1.54, 1.807) is 29.2 Å². The van der Waals surface area contributed by atoms with Gasteiger partial charge >= 0.3 is 0 Å². The number of rotatable bonds is 2. The molecule has 1 heterocycles. The van der Waals surface area contributed by atoms with E-state index in [2.05, 4.69) is 0 Å². The van der Waals surface area contributed by atoms with Crippen molar-refractivity contribution in [3.8, 4) is 0 Å². The molecule has 0 aromatic heterocycles. The maximum absolute atomic E-state index is 10.9. The lowest BCUT2D eigenvalue weighted by molar-refractivity contribution is -0.000831. The second kappa shape index (κ2) is 4.94. The molecule has 84 valence electrons. The Balaban J connectivity index is 2.23. The number of carbonyl (C=O) groups is 1. The normalized spacial score (nSPS) is 24.6. The van der Waals surface area contributed by atoms with Gasteiger partial charge in [-0.1, -0.05) is 12.1 Å². The van der Waals surface area contributed by atoms with E-state index >= 15 is 0 Å². The van der Waals surface area contributed by atoms with Crippen molar-refractivity contribution in [2.75, 3.05) is 18.1 Å². The molecule has 2 rings (SSSR count). The molecular formula is C11H11B2NO3. The molecule has 1 N–H and O–H groups in total. The zero-order chi connectivity index (χ0) is 12.4. The first-order valence-corrected chi connectivity index (χ1v) is 5.29. The number of anilines is 1. The van der Waals surface area contributed by atoms with Crippen LogP contribution >= 0.6 is 0 Å². The molecule has 1 aromatic rings. The molecule has 17 heavy (non-hydrogen) atoms. The highest BCUT2D eigenvalue weighted by molar-refractivity contribution is 6.62. The number of carbonyl (C=O) groups excluding carboxylic acids is 1. The summed E-state index contributed by atoms with van der Waals surface area (Å²) in [4.78, 5) is 12.6. The minimum atomic E-state index is -0.779. The van der Waals surface area contributed by atoms with Crippen molar-refractivity contribution in [3.05, 3.63) is 29.8 Å².